The Balaban J connectivity index is 1.77. The average molecular weight is 346 g/mol. The summed E-state index contributed by atoms with van der Waals surface area (Å²) >= 11 is 5.95. The lowest BCUT2D eigenvalue weighted by Crippen LogP contribution is -2.23. The van der Waals surface area contributed by atoms with Crippen molar-refractivity contribution in [3.8, 4) is 11.5 Å². The van der Waals surface area contributed by atoms with Crippen molar-refractivity contribution in [1.82, 2.24) is 14.7 Å². The second-order valence-electron chi connectivity index (χ2n) is 5.07. The molecule has 0 spiro atoms. The highest BCUT2D eigenvalue weighted by Gasteiger charge is 2.16. The molecular weight excluding hydrogens is 330 g/mol. The van der Waals surface area contributed by atoms with Crippen molar-refractivity contribution in [3.63, 3.8) is 0 Å². The molecule has 0 unspecified atom stereocenters. The van der Waals surface area contributed by atoms with Crippen LogP contribution in [-0.4, -0.2) is 29.5 Å². The Hall–Kier alpha value is -2.73. The van der Waals surface area contributed by atoms with Gasteiger partial charge in [-0.1, -0.05) is 17.7 Å². The van der Waals surface area contributed by atoms with E-state index in [1.165, 1.54) is 14.2 Å². The van der Waals surface area contributed by atoms with Gasteiger partial charge in [0, 0.05) is 12.4 Å². The maximum Gasteiger partial charge on any atom is 0.255 e. The lowest BCUT2D eigenvalue weighted by atomic mass is 10.1. The van der Waals surface area contributed by atoms with E-state index in [-0.39, 0.29) is 5.91 Å². The summed E-state index contributed by atoms with van der Waals surface area (Å²) in [5.74, 6) is 0.646. The van der Waals surface area contributed by atoms with Gasteiger partial charge >= 0.3 is 0 Å². The van der Waals surface area contributed by atoms with Crippen LogP contribution in [-0.2, 0) is 6.54 Å². The second-order valence-corrected chi connectivity index (χ2v) is 5.51. The molecule has 0 saturated carbocycles. The molecule has 3 aromatic rings. The fraction of sp³-hybridized carbons (Fsp3) is 0.176. The van der Waals surface area contributed by atoms with Crippen LogP contribution in [0.15, 0.2) is 42.7 Å². The number of ether oxygens (including phenoxy) is 2. The number of benzene rings is 1. The number of rotatable bonds is 5. The molecule has 1 N–H and O–H groups in total. The Morgan fingerprint density at radius 1 is 1.21 bits per heavy atom. The lowest BCUT2D eigenvalue weighted by molar-refractivity contribution is 0.0946. The first-order valence-corrected chi connectivity index (χ1v) is 7.62. The summed E-state index contributed by atoms with van der Waals surface area (Å²) in [6.45, 7) is 0.290. The van der Waals surface area contributed by atoms with E-state index >= 15 is 0 Å². The fourth-order valence-corrected chi connectivity index (χ4v) is 2.60. The lowest BCUT2D eigenvalue weighted by Gasteiger charge is -2.12. The Labute approximate surface area is 144 Å². The number of methoxy groups -OCH3 is 2. The van der Waals surface area contributed by atoms with Crippen LogP contribution in [0.4, 0.5) is 0 Å². The van der Waals surface area contributed by atoms with Crippen molar-refractivity contribution in [2.75, 3.05) is 14.2 Å². The summed E-state index contributed by atoms with van der Waals surface area (Å²) in [4.78, 5) is 16.9. The highest BCUT2D eigenvalue weighted by Crippen LogP contribution is 2.30. The molecule has 0 bridgehead atoms. The first-order valence-electron chi connectivity index (χ1n) is 7.24. The summed E-state index contributed by atoms with van der Waals surface area (Å²) in [6.07, 6.45) is 3.59. The third-order valence-corrected chi connectivity index (χ3v) is 3.77. The molecule has 3 rings (SSSR count). The van der Waals surface area contributed by atoms with Crippen molar-refractivity contribution in [2.24, 2.45) is 0 Å². The summed E-state index contributed by atoms with van der Waals surface area (Å²) < 4.78 is 12.3. The van der Waals surface area contributed by atoms with Gasteiger partial charge in [0.2, 0.25) is 0 Å². The van der Waals surface area contributed by atoms with E-state index in [4.69, 9.17) is 21.1 Å². The molecule has 0 saturated heterocycles. The van der Waals surface area contributed by atoms with Crippen LogP contribution in [0, 0.1) is 0 Å². The minimum Gasteiger partial charge on any atom is -0.493 e. The fourth-order valence-electron chi connectivity index (χ4n) is 2.43. The SMILES string of the molecule is COc1cccc(C(=O)NCc2cn3cc(Cl)ccc3n2)c1OC. The number of carbonyl (C=O) groups excluding carboxylic acids is 1. The summed E-state index contributed by atoms with van der Waals surface area (Å²) in [6, 6.07) is 8.75. The van der Waals surface area contributed by atoms with Crippen LogP contribution in [0.1, 0.15) is 16.1 Å². The monoisotopic (exact) mass is 345 g/mol. The minimum atomic E-state index is -0.263. The van der Waals surface area contributed by atoms with Gasteiger partial charge in [-0.05, 0) is 24.3 Å². The van der Waals surface area contributed by atoms with Crippen molar-refractivity contribution in [1.29, 1.82) is 0 Å². The van der Waals surface area contributed by atoms with Crippen LogP contribution >= 0.6 is 11.6 Å². The number of nitrogens with one attached hydrogen (secondary N) is 1. The number of aromatic nitrogens is 2. The Bertz CT molecular complexity index is 892. The molecule has 7 heteroatoms. The maximum atomic E-state index is 12.4. The molecule has 1 aromatic carbocycles. The highest BCUT2D eigenvalue weighted by atomic mass is 35.5. The number of hydrogen-bond acceptors (Lipinski definition) is 4. The predicted octanol–water partition coefficient (Wildman–Crippen LogP) is 2.93. The van der Waals surface area contributed by atoms with Crippen LogP contribution in [0.3, 0.4) is 0 Å². The molecular formula is C17H16ClN3O3. The van der Waals surface area contributed by atoms with Gasteiger partial charge in [0.25, 0.3) is 5.91 Å². The molecule has 6 nitrogen and oxygen atoms in total. The molecule has 0 aliphatic rings. The molecule has 2 heterocycles. The van der Waals surface area contributed by atoms with Crippen molar-refractivity contribution >= 4 is 23.2 Å². The van der Waals surface area contributed by atoms with Gasteiger partial charge < -0.3 is 19.2 Å². The minimum absolute atomic E-state index is 0.263. The van der Waals surface area contributed by atoms with Gasteiger partial charge in [-0.25, -0.2) is 4.98 Å². The number of amides is 1. The number of halogens is 1. The molecule has 0 radical (unpaired) electrons. The summed E-state index contributed by atoms with van der Waals surface area (Å²) in [5.41, 5.74) is 1.90. The second kappa shape index (κ2) is 6.80. The average Bonchev–Trinajstić information content (AvgIpc) is 3.00. The topological polar surface area (TPSA) is 64.9 Å². The van der Waals surface area contributed by atoms with Gasteiger partial charge in [-0.2, -0.15) is 0 Å². The van der Waals surface area contributed by atoms with Crippen molar-refractivity contribution in [3.05, 3.63) is 59.0 Å². The zero-order valence-electron chi connectivity index (χ0n) is 13.2. The van der Waals surface area contributed by atoms with Crippen molar-refractivity contribution < 1.29 is 14.3 Å². The third kappa shape index (κ3) is 3.14. The van der Waals surface area contributed by atoms with Gasteiger partial charge in [-0.3, -0.25) is 4.79 Å². The van der Waals surface area contributed by atoms with Gasteiger partial charge in [-0.15, -0.1) is 0 Å². The number of hydrogen-bond donors (Lipinski definition) is 1. The number of imidazole rings is 1. The Morgan fingerprint density at radius 2 is 2.04 bits per heavy atom. The highest BCUT2D eigenvalue weighted by molar-refractivity contribution is 6.30. The van der Waals surface area contributed by atoms with Crippen LogP contribution in [0.2, 0.25) is 5.02 Å². The first-order chi connectivity index (χ1) is 11.6. The molecule has 124 valence electrons. The number of carbonyl (C=O) groups is 1. The Kier molecular flexibility index (Phi) is 4.57. The van der Waals surface area contributed by atoms with E-state index in [0.29, 0.717) is 28.6 Å². The number of para-hydroxylation sites is 1. The number of nitrogens with zero attached hydrogens (tertiary/aromatic N) is 2. The zero-order chi connectivity index (χ0) is 17.1. The summed E-state index contributed by atoms with van der Waals surface area (Å²) in [7, 11) is 3.03. The smallest absolute Gasteiger partial charge is 0.255 e. The van der Waals surface area contributed by atoms with E-state index in [2.05, 4.69) is 10.3 Å². The van der Waals surface area contributed by atoms with Crippen LogP contribution in [0.5, 0.6) is 11.5 Å². The molecule has 2 aromatic heterocycles. The molecule has 24 heavy (non-hydrogen) atoms. The zero-order valence-corrected chi connectivity index (χ0v) is 14.0. The predicted molar refractivity (Wildman–Crippen MR) is 90.9 cm³/mol. The summed E-state index contributed by atoms with van der Waals surface area (Å²) in [5, 5.41) is 3.46. The Morgan fingerprint density at radius 3 is 2.79 bits per heavy atom. The number of pyridine rings is 1. The molecule has 0 fully saturated rings. The molecule has 0 aliphatic carbocycles. The normalized spacial score (nSPS) is 10.6. The van der Waals surface area contributed by atoms with Crippen LogP contribution in [0.25, 0.3) is 5.65 Å². The number of fused-ring (bicyclic) bond motifs is 1. The third-order valence-electron chi connectivity index (χ3n) is 3.54. The van der Waals surface area contributed by atoms with Crippen molar-refractivity contribution in [2.45, 2.75) is 6.54 Å². The first kappa shape index (κ1) is 16.1. The van der Waals surface area contributed by atoms with E-state index < -0.39 is 0 Å². The molecule has 0 atom stereocenters. The van der Waals surface area contributed by atoms with Gasteiger partial charge in [0.05, 0.1) is 37.0 Å². The standard InChI is InChI=1S/C17H16ClN3O3/c1-23-14-5-3-4-13(16(14)24-2)17(22)19-8-12-10-21-9-11(18)6-7-15(21)20-12/h3-7,9-10H,8H2,1-2H3,(H,19,22). The maximum absolute atomic E-state index is 12.4. The van der Waals surface area contributed by atoms with Gasteiger partial charge in [0.15, 0.2) is 11.5 Å². The van der Waals surface area contributed by atoms with Gasteiger partial charge in [0.1, 0.15) is 5.65 Å². The van der Waals surface area contributed by atoms with E-state index in [1.807, 2.05) is 16.7 Å². The largest absolute Gasteiger partial charge is 0.493 e. The molecule has 1 amide bonds. The quantitative estimate of drug-likeness (QED) is 0.772. The van der Waals surface area contributed by atoms with E-state index in [0.717, 1.165) is 11.3 Å². The molecule has 0 aliphatic heterocycles. The van der Waals surface area contributed by atoms with E-state index in [1.54, 1.807) is 30.5 Å². The van der Waals surface area contributed by atoms with Crippen LogP contribution < -0.4 is 14.8 Å². The van der Waals surface area contributed by atoms with E-state index in [9.17, 15) is 4.79 Å².